The molecule has 14 nitrogen and oxygen atoms in total. The lowest BCUT2D eigenvalue weighted by Crippen LogP contribution is -2.33. The van der Waals surface area contributed by atoms with Crippen molar-refractivity contribution in [2.24, 2.45) is 0 Å². The standard InChI is InChI=1S/C18H22N4O10P2/c23-14-12(7-31-34(29,30)10-33(26,27)28)32-18(15(14)24)22-9-19-13-16(22)20-8-21(17(13)25)6-11-4-2-1-3-5-11/h1-5,8-9,12,14-15,18,23-24H,6-7,10H2,(H,29,30)(H2,26,27,28)/t12-,14-,15-,18-/m1/s1. The number of imidazole rings is 1. The molecule has 3 aromatic rings. The van der Waals surface area contributed by atoms with E-state index in [0.29, 0.717) is 0 Å². The van der Waals surface area contributed by atoms with Crippen molar-refractivity contribution in [3.05, 3.63) is 58.9 Å². The Labute approximate surface area is 191 Å². The van der Waals surface area contributed by atoms with Crippen LogP contribution in [0.15, 0.2) is 47.8 Å². The number of hydrogen-bond acceptors (Lipinski definition) is 9. The van der Waals surface area contributed by atoms with Crippen LogP contribution >= 0.6 is 15.2 Å². The zero-order valence-corrected chi connectivity index (χ0v) is 19.2. The summed E-state index contributed by atoms with van der Waals surface area (Å²) in [4.78, 5) is 48.5. The van der Waals surface area contributed by atoms with Gasteiger partial charge in [0.05, 0.1) is 19.5 Å². The monoisotopic (exact) mass is 516 g/mol. The zero-order valence-electron chi connectivity index (χ0n) is 17.4. The van der Waals surface area contributed by atoms with E-state index in [4.69, 9.17) is 14.5 Å². The Hall–Kier alpha value is -2.25. The molecule has 0 spiro atoms. The summed E-state index contributed by atoms with van der Waals surface area (Å²) >= 11 is 0. The van der Waals surface area contributed by atoms with Crippen molar-refractivity contribution in [2.75, 3.05) is 12.5 Å². The first-order chi connectivity index (χ1) is 16.0. The van der Waals surface area contributed by atoms with Crippen LogP contribution in [0.25, 0.3) is 11.2 Å². The maximum Gasteiger partial charge on any atom is 0.340 e. The van der Waals surface area contributed by atoms with Gasteiger partial charge < -0.3 is 34.2 Å². The SMILES string of the molecule is O=c1c2ncn([C@@H]3O[C@H](COP(=O)(O)CP(=O)(O)O)[C@@H](O)[C@H]3O)c2ncn1Cc1ccccc1. The van der Waals surface area contributed by atoms with E-state index in [9.17, 15) is 29.0 Å². The van der Waals surface area contributed by atoms with E-state index in [1.165, 1.54) is 21.8 Å². The van der Waals surface area contributed by atoms with Crippen molar-refractivity contribution in [3.8, 4) is 0 Å². The largest absolute Gasteiger partial charge is 0.387 e. The fraction of sp³-hybridized carbons (Fsp3) is 0.389. The minimum Gasteiger partial charge on any atom is -0.387 e. The fourth-order valence-corrected chi connectivity index (χ4v) is 6.15. The molecule has 1 saturated heterocycles. The van der Waals surface area contributed by atoms with E-state index in [1.807, 2.05) is 30.3 Å². The van der Waals surface area contributed by atoms with Crippen LogP contribution in [0.5, 0.6) is 0 Å². The minimum absolute atomic E-state index is 0.00456. The van der Waals surface area contributed by atoms with Gasteiger partial charge in [-0.05, 0) is 5.56 Å². The molecular weight excluding hydrogens is 494 g/mol. The topological polar surface area (TPSA) is 206 Å². The second-order valence-electron chi connectivity index (χ2n) is 7.77. The summed E-state index contributed by atoms with van der Waals surface area (Å²) in [5, 5.41) is 20.7. The van der Waals surface area contributed by atoms with Crippen LogP contribution in [0, 0.1) is 0 Å². The summed E-state index contributed by atoms with van der Waals surface area (Å²) in [6.07, 6.45) is -3.16. The highest BCUT2D eigenvalue weighted by atomic mass is 31.2. The number of aliphatic hydroxyl groups excluding tert-OH is 2. The highest BCUT2D eigenvalue weighted by Gasteiger charge is 2.45. The number of fused-ring (bicyclic) bond motifs is 1. The van der Waals surface area contributed by atoms with Crippen molar-refractivity contribution in [1.29, 1.82) is 0 Å². The molecule has 1 aromatic carbocycles. The molecule has 3 heterocycles. The quantitative estimate of drug-likeness (QED) is 0.242. The molecule has 0 radical (unpaired) electrons. The molecule has 5 N–H and O–H groups in total. The molecule has 1 aliphatic heterocycles. The normalized spacial score (nSPS) is 25.0. The highest BCUT2D eigenvalue weighted by molar-refractivity contribution is 7.70. The van der Waals surface area contributed by atoms with Gasteiger partial charge in [-0.1, -0.05) is 30.3 Å². The molecule has 0 aliphatic carbocycles. The Morgan fingerprint density at radius 1 is 1.03 bits per heavy atom. The second-order valence-corrected chi connectivity index (χ2v) is 11.8. The Morgan fingerprint density at radius 3 is 2.41 bits per heavy atom. The molecule has 1 aliphatic rings. The van der Waals surface area contributed by atoms with E-state index in [1.54, 1.807) is 0 Å². The van der Waals surface area contributed by atoms with Gasteiger partial charge in [0.15, 0.2) is 23.3 Å². The summed E-state index contributed by atoms with van der Waals surface area (Å²) in [6, 6.07) is 9.24. The Balaban J connectivity index is 1.52. The molecule has 0 amide bonds. The lowest BCUT2D eigenvalue weighted by Gasteiger charge is -2.18. The first-order valence-electron chi connectivity index (χ1n) is 9.93. The number of benzene rings is 1. The Bertz CT molecular complexity index is 1320. The predicted molar refractivity (Wildman–Crippen MR) is 116 cm³/mol. The van der Waals surface area contributed by atoms with E-state index in [2.05, 4.69) is 14.5 Å². The molecule has 5 atom stereocenters. The Morgan fingerprint density at radius 2 is 1.74 bits per heavy atom. The number of ether oxygens (including phenoxy) is 1. The minimum atomic E-state index is -4.83. The van der Waals surface area contributed by atoms with Crippen LogP contribution in [0.2, 0.25) is 0 Å². The van der Waals surface area contributed by atoms with Crippen LogP contribution in [-0.4, -0.2) is 74.8 Å². The van der Waals surface area contributed by atoms with Crippen molar-refractivity contribution >= 4 is 26.4 Å². The average molecular weight is 516 g/mol. The first-order valence-corrected chi connectivity index (χ1v) is 13.5. The number of hydrogen-bond donors (Lipinski definition) is 5. The van der Waals surface area contributed by atoms with Gasteiger partial charge in [-0.15, -0.1) is 0 Å². The maximum absolute atomic E-state index is 12.9. The van der Waals surface area contributed by atoms with Gasteiger partial charge in [-0.2, -0.15) is 0 Å². The van der Waals surface area contributed by atoms with Gasteiger partial charge in [0.2, 0.25) is 0 Å². The van der Waals surface area contributed by atoms with E-state index < -0.39 is 57.8 Å². The van der Waals surface area contributed by atoms with Crippen molar-refractivity contribution in [2.45, 2.75) is 31.1 Å². The zero-order chi connectivity index (χ0) is 24.7. The summed E-state index contributed by atoms with van der Waals surface area (Å²) in [6.45, 7) is -0.460. The van der Waals surface area contributed by atoms with Gasteiger partial charge in [0.1, 0.15) is 24.6 Å². The third kappa shape index (κ3) is 5.36. The number of nitrogens with zero attached hydrogens (tertiary/aromatic N) is 4. The number of aliphatic hydroxyl groups is 2. The summed E-state index contributed by atoms with van der Waals surface area (Å²) in [5.41, 5.74) is 0.538. The average Bonchev–Trinajstić information content (AvgIpc) is 3.30. The second kappa shape index (κ2) is 9.42. The summed E-state index contributed by atoms with van der Waals surface area (Å²) < 4.78 is 35.6. The molecule has 16 heteroatoms. The molecule has 184 valence electrons. The number of aromatic nitrogens is 4. The van der Waals surface area contributed by atoms with E-state index >= 15 is 0 Å². The van der Waals surface area contributed by atoms with Crippen molar-refractivity contribution < 1.29 is 43.3 Å². The molecule has 0 bridgehead atoms. The van der Waals surface area contributed by atoms with Gasteiger partial charge in [-0.25, -0.2) is 9.97 Å². The summed E-state index contributed by atoms with van der Waals surface area (Å²) in [5.74, 6) is -1.40. The molecule has 4 rings (SSSR count). The van der Waals surface area contributed by atoms with Crippen molar-refractivity contribution in [3.63, 3.8) is 0 Å². The molecule has 1 unspecified atom stereocenters. The maximum atomic E-state index is 12.9. The van der Waals surface area contributed by atoms with Crippen molar-refractivity contribution in [1.82, 2.24) is 19.1 Å². The van der Waals surface area contributed by atoms with Gasteiger partial charge in [0, 0.05) is 0 Å². The van der Waals surface area contributed by atoms with E-state index in [0.717, 1.165) is 5.56 Å². The molecule has 2 aromatic heterocycles. The highest BCUT2D eigenvalue weighted by Crippen LogP contribution is 2.55. The Kier molecular flexibility index (Phi) is 6.89. The number of rotatable bonds is 8. The third-order valence-corrected chi connectivity index (χ3v) is 8.62. The summed E-state index contributed by atoms with van der Waals surface area (Å²) in [7, 11) is -9.51. The van der Waals surface area contributed by atoms with Crippen LogP contribution < -0.4 is 5.56 Å². The van der Waals surface area contributed by atoms with Gasteiger partial charge in [0.25, 0.3) is 5.56 Å². The van der Waals surface area contributed by atoms with Crippen LogP contribution in [0.3, 0.4) is 0 Å². The lowest BCUT2D eigenvalue weighted by atomic mass is 10.1. The van der Waals surface area contributed by atoms with Gasteiger partial charge in [-0.3, -0.25) is 23.1 Å². The van der Waals surface area contributed by atoms with Crippen LogP contribution in [-0.2, 0) is 24.9 Å². The van der Waals surface area contributed by atoms with Crippen LogP contribution in [0.1, 0.15) is 11.8 Å². The smallest absolute Gasteiger partial charge is 0.340 e. The molecule has 1 fully saturated rings. The fourth-order valence-electron chi connectivity index (χ4n) is 3.59. The lowest BCUT2D eigenvalue weighted by molar-refractivity contribution is -0.0483. The van der Waals surface area contributed by atoms with Crippen LogP contribution in [0.4, 0.5) is 0 Å². The molecular formula is C18H22N4O10P2. The molecule has 0 saturated carbocycles. The van der Waals surface area contributed by atoms with E-state index in [-0.39, 0.29) is 17.7 Å². The first kappa shape index (κ1) is 24.9. The van der Waals surface area contributed by atoms with Gasteiger partial charge >= 0.3 is 15.2 Å². The molecule has 34 heavy (non-hydrogen) atoms. The predicted octanol–water partition coefficient (Wildman–Crippen LogP) is -0.402. The third-order valence-electron chi connectivity index (χ3n) is 5.16.